The highest BCUT2D eigenvalue weighted by Gasteiger charge is 2.14. The van der Waals surface area contributed by atoms with E-state index in [-0.39, 0.29) is 25.0 Å². The smallest absolute Gasteiger partial charge is 0.306 e. The predicted octanol–water partition coefficient (Wildman–Crippen LogP) is 2.65. The molecule has 1 heterocycles. The lowest BCUT2D eigenvalue weighted by Gasteiger charge is -2.12. The number of ether oxygens (including phenoxy) is 3. The molecule has 0 aliphatic heterocycles. The van der Waals surface area contributed by atoms with Crippen molar-refractivity contribution >= 4 is 11.9 Å². The number of methoxy groups -OCH3 is 2. The summed E-state index contributed by atoms with van der Waals surface area (Å²) in [5, 5.41) is 2.70. The molecule has 0 saturated heterocycles. The fraction of sp³-hybridized carbons (Fsp3) is 0.368. The zero-order valence-electron chi connectivity index (χ0n) is 15.1. The van der Waals surface area contributed by atoms with Gasteiger partial charge in [-0.1, -0.05) is 6.07 Å². The molecule has 26 heavy (non-hydrogen) atoms. The topological polar surface area (TPSA) is 87.0 Å². The van der Waals surface area contributed by atoms with Crippen LogP contribution in [0.5, 0.6) is 11.5 Å². The van der Waals surface area contributed by atoms with Gasteiger partial charge in [0.15, 0.2) is 18.1 Å². The molecule has 2 rings (SSSR count). The average molecular weight is 361 g/mol. The molecule has 0 radical (unpaired) electrons. The van der Waals surface area contributed by atoms with Crippen LogP contribution in [-0.2, 0) is 20.7 Å². The van der Waals surface area contributed by atoms with Crippen molar-refractivity contribution in [3.05, 3.63) is 47.9 Å². The molecular formula is C19H23NO6. The lowest BCUT2D eigenvalue weighted by molar-refractivity contribution is -0.148. The van der Waals surface area contributed by atoms with Crippen LogP contribution in [0.25, 0.3) is 0 Å². The lowest BCUT2D eigenvalue weighted by atomic mass is 10.1. The number of esters is 1. The monoisotopic (exact) mass is 361 g/mol. The number of furan rings is 1. The van der Waals surface area contributed by atoms with Gasteiger partial charge in [0.1, 0.15) is 5.76 Å². The molecule has 7 heteroatoms. The highest BCUT2D eigenvalue weighted by molar-refractivity contribution is 5.80. The summed E-state index contributed by atoms with van der Waals surface area (Å²) in [4.78, 5) is 23.7. The van der Waals surface area contributed by atoms with Crippen molar-refractivity contribution in [2.24, 2.45) is 0 Å². The van der Waals surface area contributed by atoms with Crippen molar-refractivity contribution in [3.8, 4) is 11.5 Å². The largest absolute Gasteiger partial charge is 0.493 e. The predicted molar refractivity (Wildman–Crippen MR) is 94.1 cm³/mol. The first-order chi connectivity index (χ1) is 12.5. The van der Waals surface area contributed by atoms with Crippen molar-refractivity contribution < 1.29 is 28.2 Å². The van der Waals surface area contributed by atoms with Crippen LogP contribution in [0.2, 0.25) is 0 Å². The molecule has 1 N–H and O–H groups in total. The van der Waals surface area contributed by atoms with Crippen LogP contribution in [0.3, 0.4) is 0 Å². The van der Waals surface area contributed by atoms with E-state index in [0.717, 1.165) is 5.56 Å². The highest BCUT2D eigenvalue weighted by atomic mass is 16.5. The Hall–Kier alpha value is -2.96. The third-order valence-electron chi connectivity index (χ3n) is 3.78. The van der Waals surface area contributed by atoms with Crippen LogP contribution in [0.15, 0.2) is 41.0 Å². The van der Waals surface area contributed by atoms with Gasteiger partial charge in [0.2, 0.25) is 0 Å². The fourth-order valence-electron chi connectivity index (χ4n) is 2.39. The van der Waals surface area contributed by atoms with Crippen LogP contribution in [-0.4, -0.2) is 32.7 Å². The molecule has 1 atom stereocenters. The summed E-state index contributed by atoms with van der Waals surface area (Å²) in [6.45, 7) is 1.46. The number of nitrogens with one attached hydrogen (secondary N) is 1. The van der Waals surface area contributed by atoms with Gasteiger partial charge in [0.25, 0.3) is 5.91 Å². The Labute approximate surface area is 152 Å². The zero-order chi connectivity index (χ0) is 18.9. The van der Waals surface area contributed by atoms with E-state index in [4.69, 9.17) is 18.6 Å². The van der Waals surface area contributed by atoms with E-state index in [2.05, 4.69) is 5.32 Å². The summed E-state index contributed by atoms with van der Waals surface area (Å²) < 4.78 is 20.6. The third-order valence-corrected chi connectivity index (χ3v) is 3.78. The lowest BCUT2D eigenvalue weighted by Crippen LogP contribution is -2.31. The summed E-state index contributed by atoms with van der Waals surface area (Å²) in [7, 11) is 3.12. The number of aryl methyl sites for hydroxylation is 1. The van der Waals surface area contributed by atoms with Crippen molar-refractivity contribution in [2.45, 2.75) is 25.8 Å². The first-order valence-electron chi connectivity index (χ1n) is 8.22. The molecule has 140 valence electrons. The molecule has 0 fully saturated rings. The van der Waals surface area contributed by atoms with Gasteiger partial charge in [-0.25, -0.2) is 0 Å². The minimum Gasteiger partial charge on any atom is -0.493 e. The Balaban J connectivity index is 1.74. The molecule has 7 nitrogen and oxygen atoms in total. The first kappa shape index (κ1) is 19.4. The van der Waals surface area contributed by atoms with E-state index in [0.29, 0.717) is 23.7 Å². The second-order valence-electron chi connectivity index (χ2n) is 5.65. The van der Waals surface area contributed by atoms with Gasteiger partial charge in [-0.2, -0.15) is 0 Å². The first-order valence-corrected chi connectivity index (χ1v) is 8.22. The van der Waals surface area contributed by atoms with Gasteiger partial charge in [-0.3, -0.25) is 9.59 Å². The van der Waals surface area contributed by atoms with Gasteiger partial charge in [0, 0.05) is 6.42 Å². The number of carbonyl (C=O) groups excluding carboxylic acids is 2. The van der Waals surface area contributed by atoms with E-state index in [1.165, 1.54) is 6.26 Å². The maximum atomic E-state index is 11.8. The van der Waals surface area contributed by atoms with E-state index in [1.807, 2.05) is 12.1 Å². The number of hydrogen-bond acceptors (Lipinski definition) is 6. The van der Waals surface area contributed by atoms with Gasteiger partial charge in [-0.05, 0) is 43.2 Å². The van der Waals surface area contributed by atoms with Crippen molar-refractivity contribution in [1.29, 1.82) is 0 Å². The summed E-state index contributed by atoms with van der Waals surface area (Å²) in [6.07, 6.45) is 2.17. The van der Waals surface area contributed by atoms with Gasteiger partial charge in [0.05, 0.1) is 26.5 Å². The summed E-state index contributed by atoms with van der Waals surface area (Å²) in [6, 6.07) is 8.66. The van der Waals surface area contributed by atoms with E-state index < -0.39 is 5.97 Å². The van der Waals surface area contributed by atoms with Crippen molar-refractivity contribution in [2.75, 3.05) is 20.8 Å². The molecular weight excluding hydrogens is 338 g/mol. The minimum absolute atomic E-state index is 0.163. The van der Waals surface area contributed by atoms with Crippen LogP contribution >= 0.6 is 0 Å². The van der Waals surface area contributed by atoms with Gasteiger partial charge in [-0.15, -0.1) is 0 Å². The number of amides is 1. The molecule has 1 amide bonds. The quantitative estimate of drug-likeness (QED) is 0.691. The van der Waals surface area contributed by atoms with Gasteiger partial charge < -0.3 is 23.9 Å². The van der Waals surface area contributed by atoms with E-state index in [1.54, 1.807) is 39.3 Å². The molecule has 0 spiro atoms. The molecule has 0 saturated carbocycles. The maximum absolute atomic E-state index is 11.8. The fourth-order valence-corrected chi connectivity index (χ4v) is 2.39. The van der Waals surface area contributed by atoms with Crippen LogP contribution < -0.4 is 14.8 Å². The molecule has 1 aromatic carbocycles. The number of carbonyl (C=O) groups is 2. The third kappa shape index (κ3) is 5.54. The van der Waals surface area contributed by atoms with E-state index in [9.17, 15) is 9.59 Å². The van der Waals surface area contributed by atoms with E-state index >= 15 is 0 Å². The number of hydrogen-bond donors (Lipinski definition) is 1. The summed E-state index contributed by atoms with van der Waals surface area (Å²) >= 11 is 0. The molecule has 0 aliphatic rings. The average Bonchev–Trinajstić information content (AvgIpc) is 3.19. The second-order valence-corrected chi connectivity index (χ2v) is 5.65. The number of rotatable bonds is 9. The Morgan fingerprint density at radius 3 is 2.58 bits per heavy atom. The van der Waals surface area contributed by atoms with Crippen molar-refractivity contribution in [1.82, 2.24) is 5.32 Å². The standard InChI is InChI=1S/C19H23NO6/c1-13(15-5-4-10-25-15)20-18(21)12-26-19(22)9-7-14-6-8-16(23-2)17(11-14)24-3/h4-6,8,10-11,13H,7,9,12H2,1-3H3,(H,20,21)/t13-/m1/s1. The van der Waals surface area contributed by atoms with Crippen molar-refractivity contribution in [3.63, 3.8) is 0 Å². The molecule has 0 unspecified atom stereocenters. The Morgan fingerprint density at radius 2 is 1.92 bits per heavy atom. The van der Waals surface area contributed by atoms with Gasteiger partial charge >= 0.3 is 5.97 Å². The maximum Gasteiger partial charge on any atom is 0.306 e. The minimum atomic E-state index is -0.444. The van der Waals surface area contributed by atoms with Crippen LogP contribution in [0.4, 0.5) is 0 Å². The Kier molecular flexibility index (Phi) is 7.08. The van der Waals surface area contributed by atoms with Crippen LogP contribution in [0.1, 0.15) is 30.7 Å². The SMILES string of the molecule is COc1ccc(CCC(=O)OCC(=O)N[C@H](C)c2ccco2)cc1OC. The normalized spacial score (nSPS) is 11.5. The second kappa shape index (κ2) is 9.50. The summed E-state index contributed by atoms with van der Waals surface area (Å²) in [5.41, 5.74) is 0.912. The molecule has 2 aromatic rings. The molecule has 1 aromatic heterocycles. The highest BCUT2D eigenvalue weighted by Crippen LogP contribution is 2.27. The summed E-state index contributed by atoms with van der Waals surface area (Å²) in [5.74, 6) is 1.04. The Bertz CT molecular complexity index is 726. The van der Waals surface area contributed by atoms with Crippen LogP contribution in [0, 0.1) is 0 Å². The zero-order valence-corrected chi connectivity index (χ0v) is 15.1. The number of benzene rings is 1. The molecule has 0 bridgehead atoms. The molecule has 0 aliphatic carbocycles. The Morgan fingerprint density at radius 1 is 1.15 bits per heavy atom.